The third kappa shape index (κ3) is 1.81. The lowest BCUT2D eigenvalue weighted by Crippen LogP contribution is -1.99. The topological polar surface area (TPSA) is 42.0 Å². The minimum atomic E-state index is 0.360. The van der Waals surface area contributed by atoms with Crippen molar-refractivity contribution in [2.45, 2.75) is 0 Å². The van der Waals surface area contributed by atoms with Gasteiger partial charge in [-0.25, -0.2) is 0 Å². The van der Waals surface area contributed by atoms with Crippen molar-refractivity contribution in [2.75, 3.05) is 11.9 Å². The first kappa shape index (κ1) is 6.22. The van der Waals surface area contributed by atoms with Crippen molar-refractivity contribution in [2.24, 2.45) is 0 Å². The van der Waals surface area contributed by atoms with Gasteiger partial charge in [-0.15, -0.1) is 0 Å². The van der Waals surface area contributed by atoms with Crippen molar-refractivity contribution in [1.29, 1.82) is 0 Å². The molecule has 0 unspecified atom stereocenters. The molecule has 0 spiro atoms. The number of nitrogens with zero attached hydrogens (tertiary/aromatic N) is 1. The minimum Gasteiger partial charge on any atom is -0.376 e. The molecule has 1 N–H and O–H groups in total. The van der Waals surface area contributed by atoms with E-state index in [0.29, 0.717) is 6.54 Å². The van der Waals surface area contributed by atoms with Gasteiger partial charge in [0.1, 0.15) is 6.29 Å². The van der Waals surface area contributed by atoms with Crippen molar-refractivity contribution in [3.63, 3.8) is 0 Å². The molecule has 0 saturated heterocycles. The summed E-state index contributed by atoms with van der Waals surface area (Å²) in [6, 6.07) is 0. The highest BCUT2D eigenvalue weighted by atomic mass is 32.1. The summed E-state index contributed by atoms with van der Waals surface area (Å²) < 4.78 is 3.84. The fraction of sp³-hybridized carbons (Fsp3) is 0.200. The largest absolute Gasteiger partial charge is 0.376 e. The summed E-state index contributed by atoms with van der Waals surface area (Å²) in [6.07, 6.45) is 2.51. The fourth-order valence-electron chi connectivity index (χ4n) is 0.452. The molecule has 4 heteroatoms. The van der Waals surface area contributed by atoms with E-state index in [1.54, 1.807) is 6.20 Å². The zero-order chi connectivity index (χ0) is 6.53. The van der Waals surface area contributed by atoms with Crippen LogP contribution in [0.2, 0.25) is 0 Å². The standard InChI is InChI=1S/C5H6N2OS/c8-2-1-6-5-3-7-9-4-5/h2-4,6H,1H2. The Balaban J connectivity index is 2.38. The first-order valence-electron chi connectivity index (χ1n) is 2.50. The second-order valence-corrected chi connectivity index (χ2v) is 2.12. The summed E-state index contributed by atoms with van der Waals surface area (Å²) in [6.45, 7) is 0.360. The van der Waals surface area contributed by atoms with E-state index in [1.165, 1.54) is 11.5 Å². The highest BCUT2D eigenvalue weighted by Crippen LogP contribution is 2.06. The van der Waals surface area contributed by atoms with E-state index < -0.39 is 0 Å². The molecule has 1 heterocycles. The van der Waals surface area contributed by atoms with E-state index in [1.807, 2.05) is 5.38 Å². The molecule has 0 atom stereocenters. The molecule has 1 aromatic heterocycles. The quantitative estimate of drug-likeness (QED) is 0.633. The molecule has 0 aliphatic heterocycles. The predicted molar refractivity (Wildman–Crippen MR) is 36.7 cm³/mol. The number of aldehydes is 1. The minimum absolute atomic E-state index is 0.360. The first-order chi connectivity index (χ1) is 4.43. The van der Waals surface area contributed by atoms with Crippen LogP contribution in [0.5, 0.6) is 0 Å². The predicted octanol–water partition coefficient (Wildman–Crippen LogP) is 0.754. The maximum atomic E-state index is 9.82. The Morgan fingerprint density at radius 1 is 1.89 bits per heavy atom. The van der Waals surface area contributed by atoms with E-state index in [0.717, 1.165) is 12.0 Å². The number of nitrogens with one attached hydrogen (secondary N) is 1. The number of aromatic nitrogens is 1. The molecular weight excluding hydrogens is 136 g/mol. The van der Waals surface area contributed by atoms with Crippen molar-refractivity contribution in [1.82, 2.24) is 4.37 Å². The third-order valence-electron chi connectivity index (χ3n) is 0.822. The zero-order valence-electron chi connectivity index (χ0n) is 4.70. The van der Waals surface area contributed by atoms with E-state index in [-0.39, 0.29) is 0 Å². The van der Waals surface area contributed by atoms with Gasteiger partial charge in [0.15, 0.2) is 0 Å². The second-order valence-electron chi connectivity index (χ2n) is 1.46. The van der Waals surface area contributed by atoms with Crippen LogP contribution in [0, 0.1) is 0 Å². The summed E-state index contributed by atoms with van der Waals surface area (Å²) in [4.78, 5) is 9.82. The Hall–Kier alpha value is -0.900. The van der Waals surface area contributed by atoms with Crippen LogP contribution in [0.4, 0.5) is 5.69 Å². The molecular formula is C5H6N2OS. The molecule has 0 amide bonds. The highest BCUT2D eigenvalue weighted by Gasteiger charge is 1.87. The average Bonchev–Trinajstić information content (AvgIpc) is 2.34. The van der Waals surface area contributed by atoms with E-state index in [9.17, 15) is 4.79 Å². The van der Waals surface area contributed by atoms with E-state index in [2.05, 4.69) is 9.69 Å². The van der Waals surface area contributed by atoms with Crippen LogP contribution in [-0.2, 0) is 4.79 Å². The molecule has 0 radical (unpaired) electrons. The van der Waals surface area contributed by atoms with Gasteiger partial charge in [0.25, 0.3) is 0 Å². The molecule has 0 aliphatic carbocycles. The van der Waals surface area contributed by atoms with E-state index >= 15 is 0 Å². The summed E-state index contributed by atoms with van der Waals surface area (Å²) in [5.41, 5.74) is 0.909. The van der Waals surface area contributed by atoms with E-state index in [4.69, 9.17) is 0 Å². The SMILES string of the molecule is O=CCNc1cnsc1. The van der Waals surface area contributed by atoms with Crippen LogP contribution in [0.15, 0.2) is 11.6 Å². The van der Waals surface area contributed by atoms with Crippen LogP contribution in [-0.4, -0.2) is 17.2 Å². The second kappa shape index (κ2) is 3.19. The normalized spacial score (nSPS) is 8.89. The van der Waals surface area contributed by atoms with Gasteiger partial charge in [-0.05, 0) is 11.5 Å². The lowest BCUT2D eigenvalue weighted by atomic mass is 10.5. The van der Waals surface area contributed by atoms with Crippen molar-refractivity contribution < 1.29 is 4.79 Å². The van der Waals surface area contributed by atoms with Gasteiger partial charge in [0, 0.05) is 5.38 Å². The number of hydrogen-bond acceptors (Lipinski definition) is 4. The van der Waals surface area contributed by atoms with Crippen LogP contribution in [0.3, 0.4) is 0 Å². The van der Waals surface area contributed by atoms with Gasteiger partial charge in [-0.3, -0.25) is 0 Å². The summed E-state index contributed by atoms with van der Waals surface area (Å²) in [5, 5.41) is 4.70. The smallest absolute Gasteiger partial charge is 0.139 e. The van der Waals surface area contributed by atoms with Gasteiger partial charge >= 0.3 is 0 Å². The maximum absolute atomic E-state index is 9.82. The average molecular weight is 142 g/mol. The molecule has 0 saturated carbocycles. The zero-order valence-corrected chi connectivity index (χ0v) is 5.52. The number of rotatable bonds is 3. The van der Waals surface area contributed by atoms with Gasteiger partial charge in [-0.1, -0.05) is 0 Å². The fourth-order valence-corrected chi connectivity index (χ4v) is 0.945. The van der Waals surface area contributed by atoms with Gasteiger partial charge in [-0.2, -0.15) is 4.37 Å². The lowest BCUT2D eigenvalue weighted by Gasteiger charge is -1.92. The van der Waals surface area contributed by atoms with Gasteiger partial charge in [0.05, 0.1) is 18.4 Å². The molecule has 1 aromatic rings. The number of hydrogen-bond donors (Lipinski definition) is 1. The highest BCUT2D eigenvalue weighted by molar-refractivity contribution is 7.04. The van der Waals surface area contributed by atoms with Crippen LogP contribution in [0.1, 0.15) is 0 Å². The van der Waals surface area contributed by atoms with Crippen LogP contribution in [0.25, 0.3) is 0 Å². The molecule has 3 nitrogen and oxygen atoms in total. The third-order valence-corrected chi connectivity index (χ3v) is 1.41. The number of carbonyl (C=O) groups is 1. The summed E-state index contributed by atoms with van der Waals surface area (Å²) in [5.74, 6) is 0. The molecule has 1 rings (SSSR count). The van der Waals surface area contributed by atoms with Crippen molar-refractivity contribution >= 4 is 23.5 Å². The lowest BCUT2D eigenvalue weighted by molar-refractivity contribution is -0.106. The van der Waals surface area contributed by atoms with Crippen molar-refractivity contribution in [3.8, 4) is 0 Å². The Morgan fingerprint density at radius 2 is 2.78 bits per heavy atom. The number of carbonyl (C=O) groups excluding carboxylic acids is 1. The molecule has 0 bridgehead atoms. The first-order valence-corrected chi connectivity index (χ1v) is 3.34. The Bertz CT molecular complexity index is 173. The van der Waals surface area contributed by atoms with Gasteiger partial charge < -0.3 is 10.1 Å². The molecule has 0 fully saturated rings. The maximum Gasteiger partial charge on any atom is 0.139 e. The monoisotopic (exact) mass is 142 g/mol. The molecule has 0 aliphatic rings. The summed E-state index contributed by atoms with van der Waals surface area (Å²) in [7, 11) is 0. The molecule has 0 aromatic carbocycles. The Labute approximate surface area is 56.9 Å². The van der Waals surface area contributed by atoms with Gasteiger partial charge in [0.2, 0.25) is 0 Å². The van der Waals surface area contributed by atoms with Crippen LogP contribution < -0.4 is 5.32 Å². The van der Waals surface area contributed by atoms with Crippen LogP contribution >= 0.6 is 11.5 Å². The Morgan fingerprint density at radius 3 is 3.33 bits per heavy atom. The summed E-state index contributed by atoms with van der Waals surface area (Å²) >= 11 is 1.36. The Kier molecular flexibility index (Phi) is 2.21. The molecule has 48 valence electrons. The molecule has 9 heavy (non-hydrogen) atoms. The number of anilines is 1. The van der Waals surface area contributed by atoms with Crippen molar-refractivity contribution in [3.05, 3.63) is 11.6 Å².